The number of carbonyl (C=O) groups is 4. The SMILES string of the molecule is COc1c(C(=O)O)c(C(=O)O)c(OC)c(C(=O)O)c1C(=O)O. The molecule has 0 amide bonds. The van der Waals surface area contributed by atoms with Crippen LogP contribution >= 0.6 is 0 Å². The second-order valence-corrected chi connectivity index (χ2v) is 3.79. The molecule has 0 heterocycles. The number of carboxylic acid groups (broad SMARTS) is 4. The average Bonchev–Trinajstić information content (AvgIpc) is 2.42. The highest BCUT2D eigenvalue weighted by atomic mass is 16.5. The van der Waals surface area contributed by atoms with Gasteiger partial charge in [0.1, 0.15) is 33.8 Å². The lowest BCUT2D eigenvalue weighted by Gasteiger charge is -2.17. The zero-order valence-corrected chi connectivity index (χ0v) is 11.2. The van der Waals surface area contributed by atoms with Gasteiger partial charge in [-0.2, -0.15) is 0 Å². The molecule has 4 N–H and O–H groups in total. The van der Waals surface area contributed by atoms with Crippen LogP contribution in [0.1, 0.15) is 41.4 Å². The van der Waals surface area contributed by atoms with Gasteiger partial charge in [0, 0.05) is 0 Å². The van der Waals surface area contributed by atoms with Gasteiger partial charge in [-0.25, -0.2) is 19.2 Å². The molecule has 0 radical (unpaired) electrons. The second-order valence-electron chi connectivity index (χ2n) is 3.79. The van der Waals surface area contributed by atoms with Gasteiger partial charge < -0.3 is 29.9 Å². The molecule has 10 nitrogen and oxygen atoms in total. The Labute approximate surface area is 122 Å². The fourth-order valence-electron chi connectivity index (χ4n) is 1.93. The van der Waals surface area contributed by atoms with E-state index in [0.717, 1.165) is 14.2 Å². The molecule has 22 heavy (non-hydrogen) atoms. The fraction of sp³-hybridized carbons (Fsp3) is 0.167. The summed E-state index contributed by atoms with van der Waals surface area (Å²) >= 11 is 0. The van der Waals surface area contributed by atoms with Crippen LogP contribution in [0.2, 0.25) is 0 Å². The zero-order valence-electron chi connectivity index (χ0n) is 11.2. The molecule has 0 bridgehead atoms. The van der Waals surface area contributed by atoms with Crippen LogP contribution in [0.3, 0.4) is 0 Å². The molecule has 0 aliphatic rings. The predicted molar refractivity (Wildman–Crippen MR) is 67.4 cm³/mol. The molecule has 0 unspecified atom stereocenters. The summed E-state index contributed by atoms with van der Waals surface area (Å²) in [5.74, 6) is -9.04. The molecule has 0 saturated carbocycles. The van der Waals surface area contributed by atoms with Crippen LogP contribution in [0.25, 0.3) is 0 Å². The first-order chi connectivity index (χ1) is 10.2. The highest BCUT2D eigenvalue weighted by Crippen LogP contribution is 2.39. The summed E-state index contributed by atoms with van der Waals surface area (Å²) < 4.78 is 9.27. The van der Waals surface area contributed by atoms with E-state index in [1.54, 1.807) is 0 Å². The zero-order chi connectivity index (χ0) is 17.2. The lowest BCUT2D eigenvalue weighted by Crippen LogP contribution is -2.20. The Balaban J connectivity index is 4.24. The largest absolute Gasteiger partial charge is 0.495 e. The quantitative estimate of drug-likeness (QED) is 0.580. The molecule has 0 atom stereocenters. The van der Waals surface area contributed by atoms with Gasteiger partial charge >= 0.3 is 23.9 Å². The number of methoxy groups -OCH3 is 2. The van der Waals surface area contributed by atoms with E-state index in [1.807, 2.05) is 0 Å². The molecule has 0 aromatic heterocycles. The van der Waals surface area contributed by atoms with Gasteiger partial charge in [0.05, 0.1) is 14.2 Å². The molecule has 1 aromatic carbocycles. The molecule has 118 valence electrons. The number of aromatic carboxylic acids is 4. The summed E-state index contributed by atoms with van der Waals surface area (Å²) in [6.45, 7) is 0. The summed E-state index contributed by atoms with van der Waals surface area (Å²) in [7, 11) is 1.77. The highest BCUT2D eigenvalue weighted by Gasteiger charge is 2.37. The first kappa shape index (κ1) is 16.8. The van der Waals surface area contributed by atoms with Crippen molar-refractivity contribution < 1.29 is 49.1 Å². The van der Waals surface area contributed by atoms with Gasteiger partial charge in [0.25, 0.3) is 0 Å². The van der Waals surface area contributed by atoms with Crippen LogP contribution in [0.4, 0.5) is 0 Å². The number of benzene rings is 1. The monoisotopic (exact) mass is 314 g/mol. The minimum absolute atomic E-state index is 0.887. The van der Waals surface area contributed by atoms with Crippen molar-refractivity contribution >= 4 is 23.9 Å². The Kier molecular flexibility index (Phi) is 4.56. The lowest BCUT2D eigenvalue weighted by atomic mass is 9.94. The molecular formula is C12H10O10. The number of hydrogen-bond acceptors (Lipinski definition) is 6. The molecular weight excluding hydrogens is 304 g/mol. The molecule has 0 spiro atoms. The number of carboxylic acids is 4. The van der Waals surface area contributed by atoms with Crippen molar-refractivity contribution in [3.05, 3.63) is 22.3 Å². The molecule has 10 heteroatoms. The molecule has 1 rings (SSSR count). The van der Waals surface area contributed by atoms with E-state index in [-0.39, 0.29) is 0 Å². The molecule has 0 fully saturated rings. The first-order valence-corrected chi connectivity index (χ1v) is 5.44. The summed E-state index contributed by atoms with van der Waals surface area (Å²) in [6, 6.07) is 0. The van der Waals surface area contributed by atoms with E-state index in [1.165, 1.54) is 0 Å². The Morgan fingerprint density at radius 3 is 0.864 bits per heavy atom. The van der Waals surface area contributed by atoms with Gasteiger partial charge in [0.2, 0.25) is 0 Å². The van der Waals surface area contributed by atoms with E-state index < -0.39 is 57.6 Å². The molecule has 0 aliphatic carbocycles. The maximum Gasteiger partial charge on any atom is 0.340 e. The van der Waals surface area contributed by atoms with Crippen molar-refractivity contribution in [3.63, 3.8) is 0 Å². The van der Waals surface area contributed by atoms with Gasteiger partial charge in [-0.1, -0.05) is 0 Å². The Bertz CT molecular complexity index is 576. The highest BCUT2D eigenvalue weighted by molar-refractivity contribution is 6.15. The van der Waals surface area contributed by atoms with Crippen LogP contribution in [-0.2, 0) is 0 Å². The van der Waals surface area contributed by atoms with E-state index >= 15 is 0 Å². The Hall–Kier alpha value is -3.30. The lowest BCUT2D eigenvalue weighted by molar-refractivity contribution is 0.0624. The van der Waals surface area contributed by atoms with Crippen LogP contribution in [-0.4, -0.2) is 58.5 Å². The minimum atomic E-state index is -1.81. The predicted octanol–water partition coefficient (Wildman–Crippen LogP) is 0.497. The van der Waals surface area contributed by atoms with Crippen molar-refractivity contribution in [2.75, 3.05) is 14.2 Å². The van der Waals surface area contributed by atoms with Crippen molar-refractivity contribution in [3.8, 4) is 11.5 Å². The Morgan fingerprint density at radius 1 is 0.591 bits per heavy atom. The standard InChI is InChI=1S/C12H10O10/c1-21-7-3(9(13)14)5(11(17)18)8(22-2)6(12(19)20)4(7)10(15)16/h1-2H3,(H,13,14)(H,15,16)(H,17,18)(H,19,20). The first-order valence-electron chi connectivity index (χ1n) is 5.44. The van der Waals surface area contributed by atoms with E-state index in [9.17, 15) is 19.2 Å². The minimum Gasteiger partial charge on any atom is -0.495 e. The van der Waals surface area contributed by atoms with Crippen LogP contribution in [0, 0.1) is 0 Å². The third-order valence-corrected chi connectivity index (χ3v) is 2.67. The molecule has 0 aliphatic heterocycles. The van der Waals surface area contributed by atoms with Crippen LogP contribution in [0.5, 0.6) is 11.5 Å². The van der Waals surface area contributed by atoms with E-state index in [4.69, 9.17) is 20.4 Å². The van der Waals surface area contributed by atoms with Crippen LogP contribution < -0.4 is 9.47 Å². The van der Waals surface area contributed by atoms with Gasteiger partial charge in [0.15, 0.2) is 0 Å². The van der Waals surface area contributed by atoms with Crippen molar-refractivity contribution in [2.24, 2.45) is 0 Å². The summed E-state index contributed by atoms with van der Waals surface area (Å²) in [5.41, 5.74) is -4.08. The van der Waals surface area contributed by atoms with Crippen molar-refractivity contribution in [2.45, 2.75) is 0 Å². The maximum absolute atomic E-state index is 11.3. The van der Waals surface area contributed by atoms with E-state index in [0.29, 0.717) is 0 Å². The van der Waals surface area contributed by atoms with Gasteiger partial charge in [-0.15, -0.1) is 0 Å². The topological polar surface area (TPSA) is 168 Å². The normalized spacial score (nSPS) is 9.91. The average molecular weight is 314 g/mol. The summed E-state index contributed by atoms with van der Waals surface area (Å²) in [5, 5.41) is 36.6. The maximum atomic E-state index is 11.3. The Morgan fingerprint density at radius 2 is 0.773 bits per heavy atom. The molecule has 0 saturated heterocycles. The number of rotatable bonds is 6. The summed E-state index contributed by atoms with van der Waals surface area (Å²) in [4.78, 5) is 45.2. The number of ether oxygens (including phenoxy) is 2. The third-order valence-electron chi connectivity index (χ3n) is 2.67. The number of hydrogen-bond donors (Lipinski definition) is 4. The third kappa shape index (κ3) is 2.49. The van der Waals surface area contributed by atoms with Gasteiger partial charge in [-0.05, 0) is 0 Å². The second kappa shape index (κ2) is 5.99. The summed E-state index contributed by atoms with van der Waals surface area (Å²) in [6.07, 6.45) is 0. The fourth-order valence-corrected chi connectivity index (χ4v) is 1.93. The van der Waals surface area contributed by atoms with Crippen molar-refractivity contribution in [1.82, 2.24) is 0 Å². The van der Waals surface area contributed by atoms with Crippen LogP contribution in [0.15, 0.2) is 0 Å². The van der Waals surface area contributed by atoms with E-state index in [2.05, 4.69) is 9.47 Å². The molecule has 1 aromatic rings. The smallest absolute Gasteiger partial charge is 0.340 e. The van der Waals surface area contributed by atoms with Gasteiger partial charge in [-0.3, -0.25) is 0 Å². The van der Waals surface area contributed by atoms with Crippen molar-refractivity contribution in [1.29, 1.82) is 0 Å².